The van der Waals surface area contributed by atoms with Crippen LogP contribution in [0.5, 0.6) is 5.75 Å². The quantitative estimate of drug-likeness (QED) is 0.406. The molecule has 2 amide bonds. The number of rotatable bonds is 7. The summed E-state index contributed by atoms with van der Waals surface area (Å²) in [6.45, 7) is 6.41. The Balaban J connectivity index is 1.31. The molecule has 33 heavy (non-hydrogen) atoms. The molecule has 0 fully saturated rings. The highest BCUT2D eigenvalue weighted by atomic mass is 32.2. The molecule has 9 nitrogen and oxygen atoms in total. The monoisotopic (exact) mass is 466 g/mol. The van der Waals surface area contributed by atoms with Gasteiger partial charge >= 0.3 is 0 Å². The number of hydrogen-bond acceptors (Lipinski definition) is 7. The van der Waals surface area contributed by atoms with Gasteiger partial charge < -0.3 is 20.8 Å². The first-order valence-corrected chi connectivity index (χ1v) is 11.5. The number of ether oxygens (including phenoxy) is 1. The van der Waals surface area contributed by atoms with E-state index in [4.69, 9.17) is 10.6 Å². The van der Waals surface area contributed by atoms with Crippen molar-refractivity contribution in [2.75, 3.05) is 28.4 Å². The SMILES string of the molecule is CC(=O)N1CCc2cc(NC(=O)CSc3nnc(COc4cc(C)cc(C)c4)n3N)ccc21. The van der Waals surface area contributed by atoms with Crippen LogP contribution in [0.2, 0.25) is 0 Å². The maximum absolute atomic E-state index is 12.4. The molecule has 0 saturated heterocycles. The van der Waals surface area contributed by atoms with Gasteiger partial charge in [0.15, 0.2) is 5.82 Å². The van der Waals surface area contributed by atoms with Crippen LogP contribution in [-0.2, 0) is 22.6 Å². The molecule has 3 aromatic rings. The Kier molecular flexibility index (Phi) is 6.55. The maximum Gasteiger partial charge on any atom is 0.234 e. The first-order valence-electron chi connectivity index (χ1n) is 10.5. The first kappa shape index (κ1) is 22.7. The average molecular weight is 467 g/mol. The number of amides is 2. The molecule has 0 saturated carbocycles. The van der Waals surface area contributed by atoms with Crippen molar-refractivity contribution in [3.63, 3.8) is 0 Å². The van der Waals surface area contributed by atoms with Crippen LogP contribution in [0.3, 0.4) is 0 Å². The topological polar surface area (TPSA) is 115 Å². The third kappa shape index (κ3) is 5.28. The molecular formula is C23H26N6O3S. The molecule has 10 heteroatoms. The molecule has 0 unspecified atom stereocenters. The van der Waals surface area contributed by atoms with Crippen LogP contribution in [0.1, 0.15) is 29.4 Å². The van der Waals surface area contributed by atoms with Crippen molar-refractivity contribution in [3.8, 4) is 5.75 Å². The molecule has 3 N–H and O–H groups in total. The van der Waals surface area contributed by atoms with E-state index >= 15 is 0 Å². The van der Waals surface area contributed by atoms with Crippen molar-refractivity contribution in [1.82, 2.24) is 14.9 Å². The Labute approximate surface area is 196 Å². The number of carbonyl (C=O) groups excluding carboxylic acids is 2. The minimum absolute atomic E-state index is 0.0200. The number of aromatic nitrogens is 3. The molecule has 4 rings (SSSR count). The number of anilines is 2. The van der Waals surface area contributed by atoms with Gasteiger partial charge in [0, 0.05) is 24.8 Å². The smallest absolute Gasteiger partial charge is 0.234 e. The number of thioether (sulfide) groups is 1. The van der Waals surface area contributed by atoms with Gasteiger partial charge in [0.25, 0.3) is 0 Å². The highest BCUT2D eigenvalue weighted by molar-refractivity contribution is 7.99. The highest BCUT2D eigenvalue weighted by Crippen LogP contribution is 2.30. The third-order valence-corrected chi connectivity index (χ3v) is 6.21. The fraction of sp³-hybridized carbons (Fsp3) is 0.304. The number of benzene rings is 2. The molecule has 1 aromatic heterocycles. The molecule has 1 aliphatic heterocycles. The zero-order chi connectivity index (χ0) is 23.5. The summed E-state index contributed by atoms with van der Waals surface area (Å²) in [6, 6.07) is 11.5. The fourth-order valence-corrected chi connectivity index (χ4v) is 4.48. The van der Waals surface area contributed by atoms with Gasteiger partial charge in [0.1, 0.15) is 12.4 Å². The van der Waals surface area contributed by atoms with E-state index in [9.17, 15) is 9.59 Å². The zero-order valence-electron chi connectivity index (χ0n) is 18.8. The van der Waals surface area contributed by atoms with Crippen LogP contribution < -0.4 is 20.8 Å². The highest BCUT2D eigenvalue weighted by Gasteiger charge is 2.22. The minimum Gasteiger partial charge on any atom is -0.486 e. The van der Waals surface area contributed by atoms with Crippen molar-refractivity contribution in [1.29, 1.82) is 0 Å². The molecule has 0 bridgehead atoms. The van der Waals surface area contributed by atoms with E-state index < -0.39 is 0 Å². The Hall–Kier alpha value is -3.53. The van der Waals surface area contributed by atoms with Gasteiger partial charge in [-0.1, -0.05) is 17.8 Å². The normalized spacial score (nSPS) is 12.5. The fourth-order valence-electron chi connectivity index (χ4n) is 3.80. The summed E-state index contributed by atoms with van der Waals surface area (Å²) < 4.78 is 7.13. The number of carbonyl (C=O) groups is 2. The van der Waals surface area contributed by atoms with Crippen molar-refractivity contribution >= 4 is 35.0 Å². The summed E-state index contributed by atoms with van der Waals surface area (Å²) in [4.78, 5) is 25.9. The van der Waals surface area contributed by atoms with Crippen LogP contribution in [0, 0.1) is 13.8 Å². The lowest BCUT2D eigenvalue weighted by atomic mass is 10.1. The van der Waals surface area contributed by atoms with E-state index in [1.807, 2.05) is 38.1 Å². The lowest BCUT2D eigenvalue weighted by Gasteiger charge is -2.15. The van der Waals surface area contributed by atoms with Crippen molar-refractivity contribution in [2.45, 2.75) is 39.0 Å². The average Bonchev–Trinajstić information content (AvgIpc) is 3.33. The van der Waals surface area contributed by atoms with E-state index in [1.54, 1.807) is 17.9 Å². The number of nitrogens with one attached hydrogen (secondary N) is 1. The van der Waals surface area contributed by atoms with E-state index in [0.717, 1.165) is 34.5 Å². The Morgan fingerprint density at radius 3 is 2.64 bits per heavy atom. The van der Waals surface area contributed by atoms with E-state index in [1.165, 1.54) is 16.4 Å². The lowest BCUT2D eigenvalue weighted by Crippen LogP contribution is -2.25. The molecule has 172 valence electrons. The molecule has 0 atom stereocenters. The molecule has 1 aliphatic rings. The molecule has 0 radical (unpaired) electrons. The van der Waals surface area contributed by atoms with Gasteiger partial charge in [0.05, 0.1) is 5.75 Å². The predicted molar refractivity (Wildman–Crippen MR) is 128 cm³/mol. The summed E-state index contributed by atoms with van der Waals surface area (Å²) in [5.74, 6) is 7.26. The Morgan fingerprint density at radius 2 is 1.91 bits per heavy atom. The predicted octanol–water partition coefficient (Wildman–Crippen LogP) is 2.83. The number of nitrogens with zero attached hydrogens (tertiary/aromatic N) is 4. The van der Waals surface area contributed by atoms with Gasteiger partial charge in [-0.05, 0) is 67.3 Å². The second-order valence-corrected chi connectivity index (χ2v) is 8.92. The van der Waals surface area contributed by atoms with Crippen molar-refractivity contribution in [3.05, 3.63) is 58.9 Å². The summed E-state index contributed by atoms with van der Waals surface area (Å²) >= 11 is 1.20. The summed E-state index contributed by atoms with van der Waals surface area (Å²) in [5.41, 5.74) is 4.87. The number of aryl methyl sites for hydroxylation is 2. The zero-order valence-corrected chi connectivity index (χ0v) is 19.6. The van der Waals surface area contributed by atoms with Crippen LogP contribution in [-0.4, -0.2) is 39.0 Å². The molecule has 0 spiro atoms. The second kappa shape index (κ2) is 9.53. The van der Waals surface area contributed by atoms with Gasteiger partial charge in [0.2, 0.25) is 17.0 Å². The molecule has 0 aliphatic carbocycles. The summed E-state index contributed by atoms with van der Waals surface area (Å²) in [7, 11) is 0. The molecule has 2 aromatic carbocycles. The number of fused-ring (bicyclic) bond motifs is 1. The Morgan fingerprint density at radius 1 is 1.15 bits per heavy atom. The van der Waals surface area contributed by atoms with E-state index in [0.29, 0.717) is 23.2 Å². The van der Waals surface area contributed by atoms with Crippen LogP contribution >= 0.6 is 11.8 Å². The van der Waals surface area contributed by atoms with Gasteiger partial charge in [-0.15, -0.1) is 10.2 Å². The van der Waals surface area contributed by atoms with Crippen molar-refractivity contribution in [2.24, 2.45) is 0 Å². The van der Waals surface area contributed by atoms with Crippen LogP contribution in [0.4, 0.5) is 11.4 Å². The number of hydrogen-bond donors (Lipinski definition) is 2. The van der Waals surface area contributed by atoms with Crippen LogP contribution in [0.15, 0.2) is 41.6 Å². The largest absolute Gasteiger partial charge is 0.486 e. The minimum atomic E-state index is -0.183. The standard InChI is InChI=1S/C23H26N6O3S/c1-14-8-15(2)10-19(9-14)32-12-21-26-27-23(29(21)24)33-13-22(31)25-18-4-5-20-17(11-18)6-7-28(20)16(3)30/h4-5,8-11H,6-7,12-13,24H2,1-3H3,(H,25,31). The van der Waals surface area contributed by atoms with Gasteiger partial charge in [-0.3, -0.25) is 9.59 Å². The summed E-state index contributed by atoms with van der Waals surface area (Å²) in [6.07, 6.45) is 0.774. The van der Waals surface area contributed by atoms with Crippen LogP contribution in [0.25, 0.3) is 0 Å². The second-order valence-electron chi connectivity index (χ2n) is 7.98. The Bertz CT molecular complexity index is 1190. The molecule has 2 heterocycles. The van der Waals surface area contributed by atoms with E-state index in [-0.39, 0.29) is 24.2 Å². The third-order valence-electron chi connectivity index (χ3n) is 5.27. The molecular weight excluding hydrogens is 440 g/mol. The number of nitrogen functional groups attached to an aromatic ring is 1. The summed E-state index contributed by atoms with van der Waals surface area (Å²) in [5, 5.41) is 11.5. The van der Waals surface area contributed by atoms with Crippen molar-refractivity contribution < 1.29 is 14.3 Å². The number of nitrogens with two attached hydrogens (primary N) is 1. The first-order chi connectivity index (χ1) is 15.8. The van der Waals surface area contributed by atoms with Gasteiger partial charge in [-0.25, -0.2) is 4.68 Å². The maximum atomic E-state index is 12.4. The lowest BCUT2D eigenvalue weighted by molar-refractivity contribution is -0.116. The van der Waals surface area contributed by atoms with E-state index in [2.05, 4.69) is 21.6 Å². The van der Waals surface area contributed by atoms with Gasteiger partial charge in [-0.2, -0.15) is 0 Å².